The van der Waals surface area contributed by atoms with Gasteiger partial charge in [-0.15, -0.1) is 0 Å². The predicted molar refractivity (Wildman–Crippen MR) is 58.6 cm³/mol. The van der Waals surface area contributed by atoms with Crippen LogP contribution in [0.5, 0.6) is 0 Å². The van der Waals surface area contributed by atoms with Crippen molar-refractivity contribution in [2.75, 3.05) is 26.3 Å². The Morgan fingerprint density at radius 2 is 2.33 bits per heavy atom. The van der Waals surface area contributed by atoms with Crippen molar-refractivity contribution in [2.45, 2.75) is 26.3 Å². The maximum Gasteiger partial charge on any atom is 0.315 e. The molecule has 1 heterocycles. The van der Waals surface area contributed by atoms with Gasteiger partial charge in [0, 0.05) is 13.2 Å². The lowest BCUT2D eigenvalue weighted by molar-refractivity contribution is 0.188. The van der Waals surface area contributed by atoms with Crippen LogP contribution >= 0.6 is 0 Å². The summed E-state index contributed by atoms with van der Waals surface area (Å²) in [6, 6.07) is 0.0259. The summed E-state index contributed by atoms with van der Waals surface area (Å²) < 4.78 is 5.16. The summed E-state index contributed by atoms with van der Waals surface area (Å²) in [5, 5.41) is 5.67. The van der Waals surface area contributed by atoms with Crippen molar-refractivity contribution >= 4 is 6.03 Å². The molecule has 1 aliphatic rings. The SMILES string of the molecule is CC(C)(CN)CNC(=O)NC1CCOC1. The minimum Gasteiger partial charge on any atom is -0.379 e. The molecule has 0 saturated carbocycles. The maximum absolute atomic E-state index is 11.4. The number of hydrogen-bond donors (Lipinski definition) is 3. The lowest BCUT2D eigenvalue weighted by Crippen LogP contribution is -2.46. The fourth-order valence-electron chi connectivity index (χ4n) is 1.28. The number of nitrogens with two attached hydrogens (primary N) is 1. The van der Waals surface area contributed by atoms with E-state index in [1.165, 1.54) is 0 Å². The van der Waals surface area contributed by atoms with E-state index in [4.69, 9.17) is 10.5 Å². The second-order valence-corrected chi connectivity index (χ2v) is 4.76. The lowest BCUT2D eigenvalue weighted by atomic mass is 9.94. The molecule has 1 aliphatic heterocycles. The smallest absolute Gasteiger partial charge is 0.315 e. The Balaban J connectivity index is 2.18. The van der Waals surface area contributed by atoms with Crippen LogP contribution in [0.3, 0.4) is 0 Å². The van der Waals surface area contributed by atoms with Crippen molar-refractivity contribution in [3.8, 4) is 0 Å². The van der Waals surface area contributed by atoms with Gasteiger partial charge in [-0.3, -0.25) is 0 Å². The summed E-state index contributed by atoms with van der Waals surface area (Å²) in [6.07, 6.45) is 0.897. The third kappa shape index (κ3) is 4.48. The molecule has 0 aromatic heterocycles. The second-order valence-electron chi connectivity index (χ2n) is 4.76. The van der Waals surface area contributed by atoms with Crippen LogP contribution in [-0.4, -0.2) is 38.4 Å². The minimum atomic E-state index is -0.132. The minimum absolute atomic E-state index is 0.0521. The van der Waals surface area contributed by atoms with Crippen molar-refractivity contribution in [3.63, 3.8) is 0 Å². The molecule has 1 saturated heterocycles. The van der Waals surface area contributed by atoms with E-state index in [1.54, 1.807) is 0 Å². The van der Waals surface area contributed by atoms with Gasteiger partial charge in [0.2, 0.25) is 0 Å². The van der Waals surface area contributed by atoms with Gasteiger partial charge in [-0.25, -0.2) is 4.79 Å². The highest BCUT2D eigenvalue weighted by atomic mass is 16.5. The van der Waals surface area contributed by atoms with E-state index < -0.39 is 0 Å². The van der Waals surface area contributed by atoms with Gasteiger partial charge in [0.05, 0.1) is 12.6 Å². The molecule has 0 radical (unpaired) electrons. The molecule has 2 amide bonds. The fraction of sp³-hybridized carbons (Fsp3) is 0.900. The summed E-state index contributed by atoms with van der Waals surface area (Å²) >= 11 is 0. The van der Waals surface area contributed by atoms with E-state index in [2.05, 4.69) is 10.6 Å². The third-order valence-corrected chi connectivity index (χ3v) is 2.54. The zero-order valence-electron chi connectivity index (χ0n) is 9.51. The standard InChI is InChI=1S/C10H21N3O2/c1-10(2,6-11)7-12-9(14)13-8-3-4-15-5-8/h8H,3-7,11H2,1-2H3,(H2,12,13,14). The van der Waals surface area contributed by atoms with Crippen LogP contribution in [0.15, 0.2) is 0 Å². The van der Waals surface area contributed by atoms with Gasteiger partial charge < -0.3 is 21.1 Å². The molecule has 15 heavy (non-hydrogen) atoms. The monoisotopic (exact) mass is 215 g/mol. The van der Waals surface area contributed by atoms with Crippen molar-refractivity contribution in [1.82, 2.24) is 10.6 Å². The number of rotatable bonds is 4. The second kappa shape index (κ2) is 5.32. The van der Waals surface area contributed by atoms with E-state index in [9.17, 15) is 4.79 Å². The zero-order valence-corrected chi connectivity index (χ0v) is 9.51. The number of carbonyl (C=O) groups is 1. The Morgan fingerprint density at radius 1 is 1.60 bits per heavy atom. The van der Waals surface area contributed by atoms with Crippen LogP contribution < -0.4 is 16.4 Å². The van der Waals surface area contributed by atoms with E-state index in [1.807, 2.05) is 13.8 Å². The molecule has 1 rings (SSSR count). The zero-order chi connectivity index (χ0) is 11.3. The first-order valence-corrected chi connectivity index (χ1v) is 5.36. The van der Waals surface area contributed by atoms with Gasteiger partial charge in [0.15, 0.2) is 0 Å². The predicted octanol–water partition coefficient (Wildman–Crippen LogP) is 0.0594. The highest BCUT2D eigenvalue weighted by molar-refractivity contribution is 5.74. The first kappa shape index (κ1) is 12.3. The van der Waals surface area contributed by atoms with Gasteiger partial charge in [-0.1, -0.05) is 13.8 Å². The number of nitrogens with one attached hydrogen (secondary N) is 2. The van der Waals surface area contributed by atoms with Gasteiger partial charge in [0.25, 0.3) is 0 Å². The molecule has 5 heteroatoms. The van der Waals surface area contributed by atoms with E-state index in [0.29, 0.717) is 19.7 Å². The molecule has 0 aromatic rings. The largest absolute Gasteiger partial charge is 0.379 e. The van der Waals surface area contributed by atoms with Crippen LogP contribution in [0, 0.1) is 5.41 Å². The number of ether oxygens (including phenoxy) is 1. The van der Waals surface area contributed by atoms with Gasteiger partial charge in [0.1, 0.15) is 0 Å². The van der Waals surface area contributed by atoms with Crippen molar-refractivity contribution in [3.05, 3.63) is 0 Å². The Labute approximate surface area is 90.7 Å². The summed E-state index contributed by atoms with van der Waals surface area (Å²) in [5.74, 6) is 0. The number of urea groups is 1. The average molecular weight is 215 g/mol. The van der Waals surface area contributed by atoms with Crippen molar-refractivity contribution < 1.29 is 9.53 Å². The topological polar surface area (TPSA) is 76.4 Å². The first-order chi connectivity index (χ1) is 7.03. The Bertz CT molecular complexity index is 213. The van der Waals surface area contributed by atoms with E-state index >= 15 is 0 Å². The van der Waals surface area contributed by atoms with Gasteiger partial charge in [-0.2, -0.15) is 0 Å². The first-order valence-electron chi connectivity index (χ1n) is 5.36. The van der Waals surface area contributed by atoms with Crippen LogP contribution in [0.2, 0.25) is 0 Å². The number of amides is 2. The summed E-state index contributed by atoms with van der Waals surface area (Å²) in [4.78, 5) is 11.4. The van der Waals surface area contributed by atoms with Gasteiger partial charge >= 0.3 is 6.03 Å². The van der Waals surface area contributed by atoms with E-state index in [0.717, 1.165) is 13.0 Å². The van der Waals surface area contributed by atoms with Crippen LogP contribution in [0.1, 0.15) is 20.3 Å². The van der Waals surface area contributed by atoms with Crippen molar-refractivity contribution in [1.29, 1.82) is 0 Å². The molecule has 4 N–H and O–H groups in total. The summed E-state index contributed by atoms with van der Waals surface area (Å²) in [5.41, 5.74) is 5.51. The molecular formula is C10H21N3O2. The molecular weight excluding hydrogens is 194 g/mol. The third-order valence-electron chi connectivity index (χ3n) is 2.54. The maximum atomic E-state index is 11.4. The summed E-state index contributed by atoms with van der Waals surface area (Å²) in [6.45, 7) is 6.54. The lowest BCUT2D eigenvalue weighted by Gasteiger charge is -2.23. The molecule has 1 fully saturated rings. The van der Waals surface area contributed by atoms with Crippen LogP contribution in [0.25, 0.3) is 0 Å². The molecule has 0 bridgehead atoms. The van der Waals surface area contributed by atoms with Crippen molar-refractivity contribution in [2.24, 2.45) is 11.1 Å². The normalized spacial score (nSPS) is 21.4. The number of carbonyl (C=O) groups excluding carboxylic acids is 1. The molecule has 0 aromatic carbocycles. The van der Waals surface area contributed by atoms with Gasteiger partial charge in [-0.05, 0) is 18.4 Å². The molecule has 0 aliphatic carbocycles. The highest BCUT2D eigenvalue weighted by Crippen LogP contribution is 2.10. The molecule has 0 spiro atoms. The Morgan fingerprint density at radius 3 is 2.87 bits per heavy atom. The highest BCUT2D eigenvalue weighted by Gasteiger charge is 2.20. The fourth-order valence-corrected chi connectivity index (χ4v) is 1.28. The van der Waals surface area contributed by atoms with Crippen LogP contribution in [0.4, 0.5) is 4.79 Å². The number of hydrogen-bond acceptors (Lipinski definition) is 3. The average Bonchev–Trinajstić information content (AvgIpc) is 2.68. The summed E-state index contributed by atoms with van der Waals surface area (Å²) in [7, 11) is 0. The molecule has 1 unspecified atom stereocenters. The Hall–Kier alpha value is -0.810. The van der Waals surface area contributed by atoms with Crippen LogP contribution in [-0.2, 0) is 4.74 Å². The Kier molecular flexibility index (Phi) is 4.35. The quantitative estimate of drug-likeness (QED) is 0.620. The molecule has 88 valence electrons. The molecule has 5 nitrogen and oxygen atoms in total. The van der Waals surface area contributed by atoms with E-state index in [-0.39, 0.29) is 17.5 Å². The molecule has 1 atom stereocenters.